The van der Waals surface area contributed by atoms with Crippen LogP contribution in [0.1, 0.15) is 31.7 Å². The van der Waals surface area contributed by atoms with Crippen LogP contribution in [0.15, 0.2) is 40.8 Å². The number of nitrogen functional groups attached to an aromatic ring is 1. The summed E-state index contributed by atoms with van der Waals surface area (Å²) < 4.78 is 5.30. The quantitative estimate of drug-likeness (QED) is 0.527. The maximum absolute atomic E-state index is 5.59. The molecule has 5 nitrogen and oxygen atoms in total. The lowest BCUT2D eigenvalue weighted by Gasteiger charge is -2.05. The highest BCUT2D eigenvalue weighted by molar-refractivity contribution is 5.85. The number of nitrogens with zero attached hydrogens (tertiary/aromatic N) is 3. The van der Waals surface area contributed by atoms with E-state index in [2.05, 4.69) is 28.8 Å². The highest BCUT2D eigenvalue weighted by Gasteiger charge is 2.07. The van der Waals surface area contributed by atoms with Gasteiger partial charge in [-0.2, -0.15) is 4.98 Å². The third-order valence-electron chi connectivity index (χ3n) is 3.81. The summed E-state index contributed by atoms with van der Waals surface area (Å²) in [7, 11) is 0. The van der Waals surface area contributed by atoms with Crippen molar-refractivity contribution in [1.29, 1.82) is 0 Å². The molecule has 0 amide bonds. The van der Waals surface area contributed by atoms with Gasteiger partial charge in [-0.15, -0.1) is 0 Å². The number of aryl methyl sites for hydroxylation is 2. The normalized spacial score (nSPS) is 10.7. The maximum atomic E-state index is 5.59. The van der Waals surface area contributed by atoms with E-state index < -0.39 is 0 Å². The van der Waals surface area contributed by atoms with E-state index in [0.29, 0.717) is 5.58 Å². The largest absolute Gasteiger partial charge is 0.424 e. The molecule has 5 heteroatoms. The SMILES string of the molecule is CCC.Cc1nc2ccc(-c3ccc4oc(N)nc4c3)cc2nc1C. The Bertz CT molecular complexity index is 1040. The summed E-state index contributed by atoms with van der Waals surface area (Å²) in [5.74, 6) is 0. The molecule has 25 heavy (non-hydrogen) atoms. The number of fused-ring (bicyclic) bond motifs is 2. The molecule has 128 valence electrons. The van der Waals surface area contributed by atoms with Crippen molar-refractivity contribution >= 4 is 28.1 Å². The molecule has 0 unspecified atom stereocenters. The fraction of sp³-hybridized carbons (Fsp3) is 0.250. The summed E-state index contributed by atoms with van der Waals surface area (Å²) in [4.78, 5) is 13.3. The standard InChI is InChI=1S/C17H14N4O.C3H8/c1-9-10(2)20-14-7-11(3-5-13(14)19-9)12-4-6-16-15(8-12)21-17(18)22-16;1-3-2/h3-8H,1-2H3,(H2,18,21);3H2,1-2H3. The van der Waals surface area contributed by atoms with E-state index in [9.17, 15) is 0 Å². The van der Waals surface area contributed by atoms with Gasteiger partial charge in [0.2, 0.25) is 0 Å². The van der Waals surface area contributed by atoms with E-state index in [-0.39, 0.29) is 6.01 Å². The topological polar surface area (TPSA) is 77.8 Å². The Hall–Kier alpha value is -2.95. The maximum Gasteiger partial charge on any atom is 0.292 e. The van der Waals surface area contributed by atoms with Crippen molar-refractivity contribution in [2.45, 2.75) is 34.1 Å². The summed E-state index contributed by atoms with van der Waals surface area (Å²) >= 11 is 0. The summed E-state index contributed by atoms with van der Waals surface area (Å²) in [5.41, 5.74) is 12.8. The lowest BCUT2D eigenvalue weighted by Crippen LogP contribution is -1.93. The zero-order chi connectivity index (χ0) is 18.0. The van der Waals surface area contributed by atoms with Crippen LogP contribution in [0.25, 0.3) is 33.3 Å². The first kappa shape index (κ1) is 16.9. The third-order valence-corrected chi connectivity index (χ3v) is 3.81. The van der Waals surface area contributed by atoms with Gasteiger partial charge in [0.05, 0.1) is 22.4 Å². The second-order valence-electron chi connectivity index (χ2n) is 6.04. The Morgan fingerprint density at radius 1 is 0.800 bits per heavy atom. The van der Waals surface area contributed by atoms with Gasteiger partial charge in [-0.05, 0) is 49.2 Å². The summed E-state index contributed by atoms with van der Waals surface area (Å²) in [5, 5.41) is 0. The molecule has 0 saturated heterocycles. The molecule has 2 aromatic heterocycles. The average Bonchev–Trinajstić information content (AvgIpc) is 2.95. The van der Waals surface area contributed by atoms with Crippen LogP contribution in [0.5, 0.6) is 0 Å². The minimum atomic E-state index is 0.183. The number of benzene rings is 2. The highest BCUT2D eigenvalue weighted by Crippen LogP contribution is 2.27. The second kappa shape index (κ2) is 6.89. The minimum Gasteiger partial charge on any atom is -0.424 e. The van der Waals surface area contributed by atoms with Gasteiger partial charge in [-0.1, -0.05) is 32.4 Å². The molecular weight excluding hydrogens is 312 g/mol. The molecule has 0 aliphatic rings. The molecule has 0 spiro atoms. The second-order valence-corrected chi connectivity index (χ2v) is 6.04. The Kier molecular flexibility index (Phi) is 4.65. The van der Waals surface area contributed by atoms with Crippen molar-refractivity contribution in [3.05, 3.63) is 47.8 Å². The van der Waals surface area contributed by atoms with E-state index in [4.69, 9.17) is 10.2 Å². The smallest absolute Gasteiger partial charge is 0.292 e. The Morgan fingerprint density at radius 2 is 1.36 bits per heavy atom. The van der Waals surface area contributed by atoms with Gasteiger partial charge >= 0.3 is 0 Å². The van der Waals surface area contributed by atoms with E-state index in [1.807, 2.05) is 50.2 Å². The fourth-order valence-corrected chi connectivity index (χ4v) is 2.54. The van der Waals surface area contributed by atoms with E-state index in [0.717, 1.165) is 39.1 Å². The third kappa shape index (κ3) is 3.45. The highest BCUT2D eigenvalue weighted by atomic mass is 16.4. The van der Waals surface area contributed by atoms with Crippen LogP contribution in [-0.2, 0) is 0 Å². The monoisotopic (exact) mass is 334 g/mol. The molecule has 2 heterocycles. The Morgan fingerprint density at radius 3 is 2.04 bits per heavy atom. The number of aromatic nitrogens is 3. The molecule has 0 fully saturated rings. The first-order valence-electron chi connectivity index (χ1n) is 8.43. The molecule has 0 saturated carbocycles. The predicted molar refractivity (Wildman–Crippen MR) is 102 cm³/mol. The molecule has 4 aromatic rings. The van der Waals surface area contributed by atoms with E-state index in [1.165, 1.54) is 6.42 Å². The van der Waals surface area contributed by atoms with Crippen LogP contribution >= 0.6 is 0 Å². The van der Waals surface area contributed by atoms with E-state index >= 15 is 0 Å². The van der Waals surface area contributed by atoms with Crippen LogP contribution < -0.4 is 5.73 Å². The predicted octanol–water partition coefficient (Wildman–Crippen LogP) is 5.05. The number of rotatable bonds is 1. The van der Waals surface area contributed by atoms with Crippen LogP contribution in [-0.4, -0.2) is 15.0 Å². The lowest BCUT2D eigenvalue weighted by molar-refractivity contribution is 0.626. The Labute approximate surface area is 146 Å². The van der Waals surface area contributed by atoms with Gasteiger partial charge < -0.3 is 10.2 Å². The Balaban J connectivity index is 0.000000569. The van der Waals surface area contributed by atoms with Crippen LogP contribution in [0.4, 0.5) is 6.01 Å². The first-order chi connectivity index (χ1) is 12.0. The van der Waals surface area contributed by atoms with Gasteiger partial charge in [0.1, 0.15) is 5.52 Å². The minimum absolute atomic E-state index is 0.183. The van der Waals surface area contributed by atoms with Crippen LogP contribution in [0.3, 0.4) is 0 Å². The van der Waals surface area contributed by atoms with Crippen molar-refractivity contribution in [3.8, 4) is 11.1 Å². The molecule has 0 aliphatic carbocycles. The fourth-order valence-electron chi connectivity index (χ4n) is 2.54. The zero-order valence-electron chi connectivity index (χ0n) is 15.0. The van der Waals surface area contributed by atoms with Gasteiger partial charge in [0, 0.05) is 0 Å². The molecule has 2 aromatic carbocycles. The van der Waals surface area contributed by atoms with Crippen molar-refractivity contribution in [1.82, 2.24) is 15.0 Å². The molecular formula is C20H22N4O. The number of nitrogens with two attached hydrogens (primary N) is 1. The van der Waals surface area contributed by atoms with Gasteiger partial charge in [-0.3, -0.25) is 0 Å². The van der Waals surface area contributed by atoms with Gasteiger partial charge in [0.15, 0.2) is 5.58 Å². The lowest BCUT2D eigenvalue weighted by atomic mass is 10.0. The van der Waals surface area contributed by atoms with Crippen LogP contribution in [0.2, 0.25) is 0 Å². The van der Waals surface area contributed by atoms with E-state index in [1.54, 1.807) is 0 Å². The van der Waals surface area contributed by atoms with Crippen LogP contribution in [0, 0.1) is 13.8 Å². The van der Waals surface area contributed by atoms with Crippen molar-refractivity contribution in [2.75, 3.05) is 5.73 Å². The van der Waals surface area contributed by atoms with Gasteiger partial charge in [0.25, 0.3) is 6.01 Å². The van der Waals surface area contributed by atoms with Crippen molar-refractivity contribution in [3.63, 3.8) is 0 Å². The summed E-state index contributed by atoms with van der Waals surface area (Å²) in [6, 6.07) is 12.1. The molecule has 0 bridgehead atoms. The van der Waals surface area contributed by atoms with Crippen molar-refractivity contribution in [2.24, 2.45) is 0 Å². The number of oxazole rings is 1. The summed E-state index contributed by atoms with van der Waals surface area (Å²) in [6.07, 6.45) is 1.25. The van der Waals surface area contributed by atoms with Gasteiger partial charge in [-0.25, -0.2) is 9.97 Å². The van der Waals surface area contributed by atoms with Crippen molar-refractivity contribution < 1.29 is 4.42 Å². The molecule has 2 N–H and O–H groups in total. The average molecular weight is 334 g/mol. The zero-order valence-corrected chi connectivity index (χ0v) is 15.0. The molecule has 0 radical (unpaired) electrons. The summed E-state index contributed by atoms with van der Waals surface area (Å²) in [6.45, 7) is 8.19. The number of hydrogen-bond donors (Lipinski definition) is 1. The number of hydrogen-bond acceptors (Lipinski definition) is 5. The molecule has 0 aliphatic heterocycles. The first-order valence-corrected chi connectivity index (χ1v) is 8.43. The number of anilines is 1. The molecule has 4 rings (SSSR count). The molecule has 0 atom stereocenters.